The van der Waals surface area contributed by atoms with Crippen LogP contribution in [0.2, 0.25) is 0 Å². The number of nitrogens with zero attached hydrogens (tertiary/aromatic N) is 4. The number of hydrogen-bond donors (Lipinski definition) is 2. The van der Waals surface area contributed by atoms with E-state index in [0.29, 0.717) is 24.1 Å². The molecule has 0 aromatic carbocycles. The minimum atomic E-state index is -0.873. The number of carboxylic acids is 2. The van der Waals surface area contributed by atoms with Crippen LogP contribution in [0.15, 0.2) is 24.3 Å². The minimum absolute atomic E-state index is 0. The predicted octanol–water partition coefficient (Wildman–Crippen LogP) is 7.28. The van der Waals surface area contributed by atoms with E-state index in [4.69, 9.17) is 15.0 Å². The molecule has 0 spiro atoms. The maximum atomic E-state index is 11.6. The minimum Gasteiger partial charge on any atom is -0.657 e. The summed E-state index contributed by atoms with van der Waals surface area (Å²) in [7, 11) is 2.07. The number of allylic oxidation sites excluding steroid dienone is 4. The molecule has 0 saturated heterocycles. The van der Waals surface area contributed by atoms with E-state index in [2.05, 4.69) is 51.4 Å². The van der Waals surface area contributed by atoms with E-state index >= 15 is 0 Å². The number of carboxylic acid groups (broad SMARTS) is 2. The molecule has 2 aliphatic heterocycles. The molecule has 0 saturated carbocycles. The van der Waals surface area contributed by atoms with Crippen molar-refractivity contribution in [3.05, 3.63) is 69.3 Å². The van der Waals surface area contributed by atoms with Crippen molar-refractivity contribution in [2.24, 2.45) is 7.05 Å². The first-order valence-electron chi connectivity index (χ1n) is 14.9. The molecule has 0 amide bonds. The van der Waals surface area contributed by atoms with E-state index in [-0.39, 0.29) is 29.9 Å². The molecule has 3 aromatic heterocycles. The largest absolute Gasteiger partial charge is 2.00 e. The summed E-state index contributed by atoms with van der Waals surface area (Å²) in [6.07, 6.45) is 2.31. The summed E-state index contributed by atoms with van der Waals surface area (Å²) in [5, 5.41) is 19.0. The van der Waals surface area contributed by atoms with Crippen molar-refractivity contribution in [2.75, 3.05) is 0 Å². The molecular formula is C35H39CuN4O4+. The molecule has 0 fully saturated rings. The fourth-order valence-electron chi connectivity index (χ4n) is 6.49. The molecule has 8 bridgehead atoms. The molecule has 0 aliphatic carbocycles. The Bertz CT molecular complexity index is 1910. The Morgan fingerprint density at radius 3 is 1.84 bits per heavy atom. The number of aliphatic carboxylic acids is 2. The van der Waals surface area contributed by atoms with Crippen LogP contribution in [0.25, 0.3) is 44.4 Å². The van der Waals surface area contributed by atoms with Gasteiger partial charge in [0.15, 0.2) is 0 Å². The van der Waals surface area contributed by atoms with Gasteiger partial charge in [-0.1, -0.05) is 37.1 Å². The molecule has 0 unspecified atom stereocenters. The third kappa shape index (κ3) is 5.91. The van der Waals surface area contributed by atoms with E-state index in [9.17, 15) is 19.8 Å². The van der Waals surface area contributed by atoms with Gasteiger partial charge in [-0.3, -0.25) is 9.59 Å². The number of aromatic nitrogens is 4. The van der Waals surface area contributed by atoms with Gasteiger partial charge in [-0.15, -0.1) is 11.0 Å². The standard InChI is InChI=1S/C35H40N4O4.Cu/c1-8-22-18(3)28-17-33-23(9-2)21(6)32(39(33)7)16-27-20(5)25(11-13-35(42)43)31(38-27)15-30-24(10-12-34(40)41)19(4)26(36-30)14-29(22)37-28;/h14-17H,8-13H2,1-7H3,(H3,36,37,38,40,41,42,43);/q;+2/p-1. The Labute approximate surface area is 268 Å². The summed E-state index contributed by atoms with van der Waals surface area (Å²) < 4.78 is 2.20. The van der Waals surface area contributed by atoms with Crippen LogP contribution in [0.1, 0.15) is 98.4 Å². The van der Waals surface area contributed by atoms with Crippen molar-refractivity contribution in [1.29, 1.82) is 0 Å². The number of fused-ring (bicyclic) bond motifs is 8. The quantitative estimate of drug-likeness (QED) is 0.248. The normalized spacial score (nSPS) is 13.0. The van der Waals surface area contributed by atoms with Gasteiger partial charge in [0.2, 0.25) is 0 Å². The third-order valence-corrected chi connectivity index (χ3v) is 9.01. The summed E-state index contributed by atoms with van der Waals surface area (Å²) >= 11 is 0. The molecule has 1 radical (unpaired) electrons. The molecule has 2 N–H and O–H groups in total. The number of rotatable bonds is 8. The second-order valence-electron chi connectivity index (χ2n) is 11.5. The summed E-state index contributed by atoms with van der Waals surface area (Å²) in [5.41, 5.74) is 15.2. The molecule has 5 rings (SSSR count). The van der Waals surface area contributed by atoms with Crippen molar-refractivity contribution in [3.63, 3.8) is 0 Å². The van der Waals surface area contributed by atoms with Crippen LogP contribution in [0.4, 0.5) is 0 Å². The number of carbonyl (C=O) groups is 2. The molecule has 8 nitrogen and oxygen atoms in total. The van der Waals surface area contributed by atoms with E-state index in [1.807, 2.05) is 26.0 Å². The summed E-state index contributed by atoms with van der Waals surface area (Å²) in [5.74, 6) is -1.74. The van der Waals surface area contributed by atoms with Crippen LogP contribution in [0.3, 0.4) is 0 Å². The van der Waals surface area contributed by atoms with Crippen molar-refractivity contribution < 1.29 is 36.9 Å². The van der Waals surface area contributed by atoms with Crippen LogP contribution in [-0.2, 0) is 46.5 Å². The molecule has 0 atom stereocenters. The van der Waals surface area contributed by atoms with Gasteiger partial charge in [-0.05, 0) is 98.9 Å². The van der Waals surface area contributed by atoms with Gasteiger partial charge in [0.1, 0.15) is 0 Å². The Morgan fingerprint density at radius 1 is 0.705 bits per heavy atom. The predicted molar refractivity (Wildman–Crippen MR) is 172 cm³/mol. The van der Waals surface area contributed by atoms with E-state index in [0.717, 1.165) is 74.3 Å². The zero-order valence-electron chi connectivity index (χ0n) is 26.4. The molecule has 44 heavy (non-hydrogen) atoms. The van der Waals surface area contributed by atoms with Crippen LogP contribution in [0.5, 0.6) is 0 Å². The van der Waals surface area contributed by atoms with Crippen LogP contribution < -0.4 is 4.98 Å². The molecular weight excluding hydrogens is 604 g/mol. The maximum absolute atomic E-state index is 11.6. The van der Waals surface area contributed by atoms with Gasteiger partial charge in [-0.25, -0.2) is 9.97 Å². The summed E-state index contributed by atoms with van der Waals surface area (Å²) in [6.45, 7) is 12.5. The first-order chi connectivity index (χ1) is 20.4. The average molecular weight is 643 g/mol. The van der Waals surface area contributed by atoms with Gasteiger partial charge in [-0.2, -0.15) is 0 Å². The Hall–Kier alpha value is -3.94. The first-order valence-corrected chi connectivity index (χ1v) is 14.9. The van der Waals surface area contributed by atoms with Gasteiger partial charge < -0.3 is 19.8 Å². The third-order valence-electron chi connectivity index (χ3n) is 9.01. The smallest absolute Gasteiger partial charge is 0.657 e. The second-order valence-corrected chi connectivity index (χ2v) is 11.5. The Balaban J connectivity index is 0.00000442. The van der Waals surface area contributed by atoms with Crippen molar-refractivity contribution >= 4 is 56.3 Å². The summed E-state index contributed by atoms with van der Waals surface area (Å²) in [6, 6.07) is 8.19. The average Bonchev–Trinajstić information content (AvgIpc) is 3.59. The zero-order chi connectivity index (χ0) is 31.2. The van der Waals surface area contributed by atoms with Crippen LogP contribution >= 0.6 is 0 Å². The fraction of sp³-hybridized carbons (Fsp3) is 0.371. The van der Waals surface area contributed by atoms with Gasteiger partial charge in [0.25, 0.3) is 0 Å². The second kappa shape index (κ2) is 13.0. The zero-order valence-corrected chi connectivity index (χ0v) is 27.3. The van der Waals surface area contributed by atoms with E-state index in [1.54, 1.807) is 0 Å². The topological polar surface area (TPSA) is 119 Å². The Kier molecular flexibility index (Phi) is 9.71. The van der Waals surface area contributed by atoms with E-state index < -0.39 is 11.9 Å². The van der Waals surface area contributed by atoms with Gasteiger partial charge >= 0.3 is 29.0 Å². The van der Waals surface area contributed by atoms with Crippen molar-refractivity contribution in [2.45, 2.75) is 80.1 Å². The summed E-state index contributed by atoms with van der Waals surface area (Å²) in [4.78, 5) is 38.3. The molecule has 9 heteroatoms. The molecule has 3 aromatic rings. The Morgan fingerprint density at radius 2 is 1.25 bits per heavy atom. The SMILES string of the molecule is CCC1=C(C)c2cc3c(CC)c(C)c(cc4nc(cc5[n-]c(cc1n2)c(C)c5CCC(=O)O)C(CCC(=O)O)=C4C)n3C.[Cu+2]. The fourth-order valence-corrected chi connectivity index (χ4v) is 6.49. The monoisotopic (exact) mass is 642 g/mol. The maximum Gasteiger partial charge on any atom is 2.00 e. The van der Waals surface area contributed by atoms with Crippen LogP contribution in [0, 0.1) is 13.8 Å². The number of hydrogen-bond acceptors (Lipinski definition) is 4. The van der Waals surface area contributed by atoms with E-state index in [1.165, 1.54) is 16.7 Å². The van der Waals surface area contributed by atoms with Gasteiger partial charge in [0, 0.05) is 30.9 Å². The molecule has 2 aliphatic rings. The van der Waals surface area contributed by atoms with Crippen molar-refractivity contribution in [3.8, 4) is 0 Å². The van der Waals surface area contributed by atoms with Crippen LogP contribution in [-0.4, -0.2) is 36.7 Å². The first kappa shape index (κ1) is 33.0. The van der Waals surface area contributed by atoms with Crippen molar-refractivity contribution in [1.82, 2.24) is 19.5 Å². The van der Waals surface area contributed by atoms with Gasteiger partial charge in [0.05, 0.1) is 22.8 Å². The molecule has 233 valence electrons. The number of aryl methyl sites for hydroxylation is 5. The molecule has 5 heterocycles.